The minimum atomic E-state index is -4.04. The Bertz CT molecular complexity index is 414. The van der Waals surface area contributed by atoms with Gasteiger partial charge in [-0.3, -0.25) is 8.90 Å². The van der Waals surface area contributed by atoms with E-state index in [1.165, 1.54) is 0 Å². The third-order valence-corrected chi connectivity index (χ3v) is 5.39. The highest BCUT2D eigenvalue weighted by molar-refractivity contribution is 7.55. The van der Waals surface area contributed by atoms with Gasteiger partial charge in [0.2, 0.25) is 0 Å². The van der Waals surface area contributed by atoms with Crippen LogP contribution in [0.2, 0.25) is 0 Å². The highest BCUT2D eigenvalue weighted by Crippen LogP contribution is 2.41. The molecule has 18 heavy (non-hydrogen) atoms. The molecule has 1 heterocycles. The number of aromatic nitrogens is 2. The average Bonchev–Trinajstić information content (AvgIpc) is 2.76. The normalized spacial score (nSPS) is 14.1. The van der Waals surface area contributed by atoms with Crippen LogP contribution in [0.5, 0.6) is 0 Å². The van der Waals surface area contributed by atoms with E-state index in [4.69, 9.17) is 9.79 Å². The van der Waals surface area contributed by atoms with Crippen LogP contribution in [-0.2, 0) is 4.57 Å². The second kappa shape index (κ2) is 6.78. The Balaban J connectivity index is 2.64. The van der Waals surface area contributed by atoms with E-state index in [2.05, 4.69) is 18.8 Å². The van der Waals surface area contributed by atoms with E-state index in [-0.39, 0.29) is 12.3 Å². The van der Waals surface area contributed by atoms with Crippen LogP contribution in [0.25, 0.3) is 0 Å². The summed E-state index contributed by atoms with van der Waals surface area (Å²) < 4.78 is 12.3. The van der Waals surface area contributed by atoms with Crippen LogP contribution in [0, 0.1) is 0 Å². The highest BCUT2D eigenvalue weighted by atomic mass is 31.2. The van der Waals surface area contributed by atoms with Crippen molar-refractivity contribution < 1.29 is 19.2 Å². The minimum absolute atomic E-state index is 0.0817. The van der Waals surface area contributed by atoms with Crippen LogP contribution < -0.4 is 0 Å². The minimum Gasteiger partial charge on any atom is -0.354 e. The van der Waals surface area contributed by atoms with E-state index in [1.54, 1.807) is 16.9 Å². The molecule has 6 nitrogen and oxygen atoms in total. The molecule has 0 aliphatic carbocycles. The lowest BCUT2D eigenvalue weighted by atomic mass is 10.0. The van der Waals surface area contributed by atoms with E-state index in [0.29, 0.717) is 5.92 Å². The van der Waals surface area contributed by atoms with Gasteiger partial charge in [0.05, 0.1) is 18.2 Å². The van der Waals surface area contributed by atoms with Gasteiger partial charge in [-0.2, -0.15) is 0 Å². The standard InChI is InChI=1S/C10H20N2O4P2/c1-3-9(4-2)10-7-12(8-11-10)17(13)5-6-18(14,15)16/h7-9,13H,3-6H2,1-2H3,(H2,14,15,16). The van der Waals surface area contributed by atoms with Crippen molar-refractivity contribution in [3.63, 3.8) is 0 Å². The molecular formula is C10H20N2O4P2. The Labute approximate surface area is 108 Å². The van der Waals surface area contributed by atoms with Gasteiger partial charge in [-0.1, -0.05) is 13.8 Å². The lowest BCUT2D eigenvalue weighted by Crippen LogP contribution is -1.99. The molecule has 1 aromatic heterocycles. The van der Waals surface area contributed by atoms with Gasteiger partial charge in [-0.25, -0.2) is 4.98 Å². The Morgan fingerprint density at radius 2 is 2.06 bits per heavy atom. The topological polar surface area (TPSA) is 95.6 Å². The maximum atomic E-state index is 10.7. The van der Waals surface area contributed by atoms with Gasteiger partial charge in [0.25, 0.3) is 0 Å². The van der Waals surface area contributed by atoms with E-state index in [9.17, 15) is 9.46 Å². The van der Waals surface area contributed by atoms with Gasteiger partial charge in [0.15, 0.2) is 0 Å². The average molecular weight is 294 g/mol. The molecular weight excluding hydrogens is 274 g/mol. The monoisotopic (exact) mass is 294 g/mol. The Kier molecular flexibility index (Phi) is 5.96. The summed E-state index contributed by atoms with van der Waals surface area (Å²) in [5.41, 5.74) is 0.928. The van der Waals surface area contributed by atoms with Crippen molar-refractivity contribution in [3.05, 3.63) is 18.2 Å². The van der Waals surface area contributed by atoms with Crippen molar-refractivity contribution in [2.45, 2.75) is 32.6 Å². The van der Waals surface area contributed by atoms with Crippen molar-refractivity contribution >= 4 is 15.9 Å². The predicted molar refractivity (Wildman–Crippen MR) is 71.9 cm³/mol. The van der Waals surface area contributed by atoms with Crippen molar-refractivity contribution in [2.75, 3.05) is 12.3 Å². The quantitative estimate of drug-likeness (QED) is 0.669. The first-order valence-electron chi connectivity index (χ1n) is 5.92. The molecule has 8 heteroatoms. The van der Waals surface area contributed by atoms with Gasteiger partial charge >= 0.3 is 7.60 Å². The van der Waals surface area contributed by atoms with Crippen molar-refractivity contribution in [1.29, 1.82) is 0 Å². The summed E-state index contributed by atoms with van der Waals surface area (Å²) in [7, 11) is -5.63. The molecule has 0 fully saturated rings. The van der Waals surface area contributed by atoms with Gasteiger partial charge in [0, 0.05) is 18.3 Å². The zero-order chi connectivity index (χ0) is 13.8. The highest BCUT2D eigenvalue weighted by Gasteiger charge is 2.18. The SMILES string of the molecule is CCC(CC)c1cn(P(O)CCP(=O)(O)O)cn1. The van der Waals surface area contributed by atoms with Crippen LogP contribution in [0.15, 0.2) is 12.5 Å². The molecule has 104 valence electrons. The fraction of sp³-hybridized carbons (Fsp3) is 0.700. The van der Waals surface area contributed by atoms with Crippen molar-refractivity contribution in [2.24, 2.45) is 0 Å². The summed E-state index contributed by atoms with van der Waals surface area (Å²) in [6, 6.07) is 0. The zero-order valence-electron chi connectivity index (χ0n) is 10.6. The number of imidazole rings is 1. The number of hydrogen-bond donors (Lipinski definition) is 3. The first-order valence-corrected chi connectivity index (χ1v) is 9.15. The smallest absolute Gasteiger partial charge is 0.326 e. The second-order valence-electron chi connectivity index (χ2n) is 4.18. The third-order valence-electron chi connectivity index (χ3n) is 2.85. The summed E-state index contributed by atoms with van der Waals surface area (Å²) in [5, 5.41) is 0. The summed E-state index contributed by atoms with van der Waals surface area (Å²) in [6.07, 6.45) is 5.08. The summed E-state index contributed by atoms with van der Waals surface area (Å²) >= 11 is 0. The van der Waals surface area contributed by atoms with Crippen LogP contribution in [-0.4, -0.2) is 36.3 Å². The Morgan fingerprint density at radius 3 is 2.56 bits per heavy atom. The van der Waals surface area contributed by atoms with Gasteiger partial charge < -0.3 is 14.7 Å². The molecule has 1 rings (SSSR count). The maximum absolute atomic E-state index is 10.7. The molecule has 0 spiro atoms. The van der Waals surface area contributed by atoms with Gasteiger partial charge in [0.1, 0.15) is 8.30 Å². The molecule has 0 saturated carbocycles. The first-order chi connectivity index (χ1) is 8.37. The molecule has 0 aliphatic heterocycles. The fourth-order valence-corrected chi connectivity index (χ4v) is 4.12. The maximum Gasteiger partial charge on any atom is 0.326 e. The molecule has 0 aromatic carbocycles. The fourth-order valence-electron chi connectivity index (χ4n) is 1.71. The number of nitrogens with zero attached hydrogens (tertiary/aromatic N) is 2. The van der Waals surface area contributed by atoms with E-state index >= 15 is 0 Å². The summed E-state index contributed by atoms with van der Waals surface area (Å²) in [4.78, 5) is 31.7. The molecule has 1 unspecified atom stereocenters. The summed E-state index contributed by atoms with van der Waals surface area (Å²) in [6.45, 7) is 4.17. The lowest BCUT2D eigenvalue weighted by molar-refractivity contribution is 0.374. The zero-order valence-corrected chi connectivity index (χ0v) is 12.4. The molecule has 0 saturated heterocycles. The van der Waals surface area contributed by atoms with Crippen molar-refractivity contribution in [1.82, 2.24) is 9.32 Å². The van der Waals surface area contributed by atoms with E-state index in [0.717, 1.165) is 18.5 Å². The first kappa shape index (κ1) is 15.8. The predicted octanol–water partition coefficient (Wildman–Crippen LogP) is 2.12. The van der Waals surface area contributed by atoms with Gasteiger partial charge in [-0.05, 0) is 12.8 Å². The number of hydrogen-bond acceptors (Lipinski definition) is 3. The lowest BCUT2D eigenvalue weighted by Gasteiger charge is -2.12. The van der Waals surface area contributed by atoms with Crippen LogP contribution >= 0.6 is 15.9 Å². The Hall–Kier alpha value is -0.250. The van der Waals surface area contributed by atoms with E-state index < -0.39 is 15.9 Å². The van der Waals surface area contributed by atoms with Crippen LogP contribution in [0.1, 0.15) is 38.3 Å². The number of rotatable bonds is 7. The van der Waals surface area contributed by atoms with Crippen molar-refractivity contribution in [3.8, 4) is 0 Å². The van der Waals surface area contributed by atoms with Gasteiger partial charge in [-0.15, -0.1) is 0 Å². The molecule has 1 atom stereocenters. The summed E-state index contributed by atoms with van der Waals surface area (Å²) in [5.74, 6) is 0.372. The molecule has 1 aromatic rings. The third kappa shape index (κ3) is 4.79. The molecule has 0 radical (unpaired) electrons. The largest absolute Gasteiger partial charge is 0.354 e. The molecule has 0 aliphatic rings. The molecule has 3 N–H and O–H groups in total. The van der Waals surface area contributed by atoms with Crippen LogP contribution in [0.3, 0.4) is 0 Å². The molecule has 0 bridgehead atoms. The van der Waals surface area contributed by atoms with Crippen LogP contribution in [0.4, 0.5) is 0 Å². The Morgan fingerprint density at radius 1 is 1.44 bits per heavy atom. The van der Waals surface area contributed by atoms with E-state index in [1.807, 2.05) is 0 Å². The molecule has 0 amide bonds. The second-order valence-corrected chi connectivity index (χ2v) is 7.61.